The summed E-state index contributed by atoms with van der Waals surface area (Å²) in [6.45, 7) is 2.47. The maximum atomic E-state index is 12.6. The van der Waals surface area contributed by atoms with Gasteiger partial charge in [-0.15, -0.1) is 0 Å². The molecule has 1 fully saturated rings. The number of halogens is 3. The third-order valence-electron chi connectivity index (χ3n) is 4.54. The summed E-state index contributed by atoms with van der Waals surface area (Å²) in [5.74, 6) is 0.459. The van der Waals surface area contributed by atoms with E-state index in [9.17, 15) is 4.79 Å². The van der Waals surface area contributed by atoms with Crippen LogP contribution in [0, 0.1) is 6.92 Å². The number of aryl methyl sites for hydroxylation is 1. The van der Waals surface area contributed by atoms with Crippen molar-refractivity contribution in [1.82, 2.24) is 5.32 Å². The van der Waals surface area contributed by atoms with Crippen LogP contribution in [0.2, 0.25) is 5.02 Å². The van der Waals surface area contributed by atoms with E-state index in [1.54, 1.807) is 24.3 Å². The molecule has 0 atom stereocenters. The molecule has 0 aromatic heterocycles. The Kier molecular flexibility index (Phi) is 7.40. The molecule has 1 amide bonds. The number of rotatable bonds is 5. The number of benzene rings is 3. The van der Waals surface area contributed by atoms with Gasteiger partial charge in [-0.05, 0) is 82.7 Å². The zero-order valence-electron chi connectivity index (χ0n) is 16.9. The van der Waals surface area contributed by atoms with Crippen LogP contribution in [0.5, 0.6) is 5.75 Å². The van der Waals surface area contributed by atoms with E-state index in [2.05, 4.69) is 61.2 Å². The minimum absolute atomic E-state index is 0.205. The van der Waals surface area contributed by atoms with E-state index in [0.29, 0.717) is 33.1 Å². The molecule has 3 aromatic carbocycles. The highest BCUT2D eigenvalue weighted by Crippen LogP contribution is 2.37. The predicted octanol–water partition coefficient (Wildman–Crippen LogP) is 7.64. The van der Waals surface area contributed by atoms with Crippen molar-refractivity contribution in [1.29, 1.82) is 0 Å². The number of hydrogen-bond donors (Lipinski definition) is 1. The van der Waals surface area contributed by atoms with E-state index in [0.717, 1.165) is 20.1 Å². The smallest absolute Gasteiger partial charge is 0.264 e. The number of nitrogens with zero attached hydrogens (tertiary/aromatic N) is 1. The summed E-state index contributed by atoms with van der Waals surface area (Å²) >= 11 is 14.3. The van der Waals surface area contributed by atoms with Crippen LogP contribution in [-0.2, 0) is 11.4 Å². The molecule has 1 saturated heterocycles. The van der Waals surface area contributed by atoms with Crippen molar-refractivity contribution in [3.8, 4) is 5.75 Å². The van der Waals surface area contributed by atoms with Crippen molar-refractivity contribution in [2.75, 3.05) is 0 Å². The van der Waals surface area contributed by atoms with Crippen molar-refractivity contribution in [3.63, 3.8) is 0 Å². The molecule has 1 aliphatic rings. The van der Waals surface area contributed by atoms with Crippen LogP contribution >= 0.6 is 55.2 Å². The Morgan fingerprint density at radius 3 is 2.53 bits per heavy atom. The molecular weight excluding hydrogens is 576 g/mol. The van der Waals surface area contributed by atoms with Crippen LogP contribution in [-0.4, -0.2) is 11.1 Å². The van der Waals surface area contributed by atoms with Gasteiger partial charge < -0.3 is 10.1 Å². The molecule has 8 heteroatoms. The van der Waals surface area contributed by atoms with E-state index in [1.165, 1.54) is 17.3 Å². The van der Waals surface area contributed by atoms with Gasteiger partial charge in [0.15, 0.2) is 5.17 Å². The van der Waals surface area contributed by atoms with Gasteiger partial charge in [0, 0.05) is 15.1 Å². The van der Waals surface area contributed by atoms with Crippen LogP contribution in [0.4, 0.5) is 5.69 Å². The second-order valence-corrected chi connectivity index (χ2v) is 10.3. The fourth-order valence-electron chi connectivity index (χ4n) is 2.93. The Labute approximate surface area is 212 Å². The largest absolute Gasteiger partial charge is 0.487 e. The molecule has 0 spiro atoms. The van der Waals surface area contributed by atoms with Crippen molar-refractivity contribution < 1.29 is 9.53 Å². The molecular formula is C24H17Br2ClN2O2S. The number of amides is 1. The van der Waals surface area contributed by atoms with E-state index in [4.69, 9.17) is 16.3 Å². The minimum Gasteiger partial charge on any atom is -0.487 e. The van der Waals surface area contributed by atoms with Gasteiger partial charge in [-0.25, -0.2) is 4.99 Å². The molecule has 4 nitrogen and oxygen atoms in total. The molecule has 0 radical (unpaired) electrons. The second-order valence-electron chi connectivity index (χ2n) is 7.04. The van der Waals surface area contributed by atoms with Crippen LogP contribution in [0.3, 0.4) is 0 Å². The van der Waals surface area contributed by atoms with Crippen LogP contribution in [0.25, 0.3) is 6.08 Å². The maximum absolute atomic E-state index is 12.6. The Morgan fingerprint density at radius 2 is 1.81 bits per heavy atom. The van der Waals surface area contributed by atoms with Gasteiger partial charge >= 0.3 is 0 Å². The lowest BCUT2D eigenvalue weighted by Gasteiger charge is -2.13. The first-order valence-electron chi connectivity index (χ1n) is 9.60. The molecule has 3 aromatic rings. The number of aliphatic imine (C=N–C) groups is 1. The summed E-state index contributed by atoms with van der Waals surface area (Å²) in [6, 6.07) is 19.1. The number of amidine groups is 1. The third kappa shape index (κ3) is 5.84. The SMILES string of the molecule is Cc1ccc(COc2c(Br)cc(Br)cc2/C=C2\SC(=Nc3ccc(Cl)cc3)NC2=O)cc1. The molecule has 1 N–H and O–H groups in total. The van der Waals surface area contributed by atoms with E-state index in [-0.39, 0.29) is 5.91 Å². The normalized spacial score (nSPS) is 15.9. The van der Waals surface area contributed by atoms with Gasteiger partial charge in [0.2, 0.25) is 0 Å². The molecule has 0 aliphatic carbocycles. The summed E-state index contributed by atoms with van der Waals surface area (Å²) in [5.41, 5.74) is 3.76. The van der Waals surface area contributed by atoms with Crippen molar-refractivity contribution in [3.05, 3.63) is 96.2 Å². The predicted molar refractivity (Wildman–Crippen MR) is 140 cm³/mol. The lowest BCUT2D eigenvalue weighted by Crippen LogP contribution is -2.19. The molecule has 1 heterocycles. The number of nitrogens with one attached hydrogen (secondary N) is 1. The van der Waals surface area contributed by atoms with Crippen molar-refractivity contribution in [2.45, 2.75) is 13.5 Å². The summed E-state index contributed by atoms with van der Waals surface area (Å²) in [5, 5.41) is 3.96. The van der Waals surface area contributed by atoms with E-state index < -0.39 is 0 Å². The third-order valence-corrected chi connectivity index (χ3v) is 6.74. The Morgan fingerprint density at radius 1 is 1.09 bits per heavy atom. The number of hydrogen-bond acceptors (Lipinski definition) is 4. The van der Waals surface area contributed by atoms with E-state index >= 15 is 0 Å². The zero-order chi connectivity index (χ0) is 22.7. The standard InChI is InChI=1S/C24H17Br2ClN2O2S/c1-14-2-4-15(5-3-14)13-31-22-16(10-17(25)12-20(22)26)11-21-23(30)29-24(32-21)28-19-8-6-18(27)7-9-19/h2-12H,13H2,1H3,(H,28,29,30)/b21-11-. The lowest BCUT2D eigenvalue weighted by molar-refractivity contribution is -0.115. The summed E-state index contributed by atoms with van der Waals surface area (Å²) < 4.78 is 7.80. The molecule has 0 unspecified atom stereocenters. The quantitative estimate of drug-likeness (QED) is 0.310. The first kappa shape index (κ1) is 23.1. The van der Waals surface area contributed by atoms with E-state index in [1.807, 2.05) is 30.3 Å². The highest BCUT2D eigenvalue weighted by molar-refractivity contribution is 9.11. The van der Waals surface area contributed by atoms with Crippen molar-refractivity contribution in [2.24, 2.45) is 4.99 Å². The summed E-state index contributed by atoms with van der Waals surface area (Å²) in [4.78, 5) is 17.6. The zero-order valence-corrected chi connectivity index (χ0v) is 21.6. The Bertz CT molecular complexity index is 1230. The van der Waals surface area contributed by atoms with Gasteiger partial charge in [0.25, 0.3) is 5.91 Å². The lowest BCUT2D eigenvalue weighted by atomic mass is 10.1. The highest BCUT2D eigenvalue weighted by atomic mass is 79.9. The number of carbonyl (C=O) groups is 1. The minimum atomic E-state index is -0.205. The van der Waals surface area contributed by atoms with Crippen LogP contribution < -0.4 is 10.1 Å². The van der Waals surface area contributed by atoms with Crippen LogP contribution in [0.1, 0.15) is 16.7 Å². The van der Waals surface area contributed by atoms with Crippen LogP contribution in [0.15, 0.2) is 79.5 Å². The molecule has 0 bridgehead atoms. The fourth-order valence-corrected chi connectivity index (χ4v) is 5.27. The number of carbonyl (C=O) groups excluding carboxylic acids is 1. The van der Waals surface area contributed by atoms with Gasteiger partial charge in [-0.2, -0.15) is 0 Å². The monoisotopic (exact) mass is 590 g/mol. The van der Waals surface area contributed by atoms with Crippen molar-refractivity contribution >= 4 is 78.1 Å². The first-order chi connectivity index (χ1) is 15.4. The molecule has 1 aliphatic heterocycles. The maximum Gasteiger partial charge on any atom is 0.264 e. The van der Waals surface area contributed by atoms with Gasteiger partial charge in [0.05, 0.1) is 15.1 Å². The molecule has 4 rings (SSSR count). The first-order valence-corrected chi connectivity index (χ1v) is 12.4. The molecule has 32 heavy (non-hydrogen) atoms. The fraction of sp³-hybridized carbons (Fsp3) is 0.0833. The van der Waals surface area contributed by atoms with Gasteiger partial charge in [-0.3, -0.25) is 4.79 Å². The highest BCUT2D eigenvalue weighted by Gasteiger charge is 2.24. The van der Waals surface area contributed by atoms with Gasteiger partial charge in [-0.1, -0.05) is 57.4 Å². The Balaban J connectivity index is 1.59. The Hall–Kier alpha value is -2.06. The average Bonchev–Trinajstić information content (AvgIpc) is 3.09. The molecule has 162 valence electrons. The summed E-state index contributed by atoms with van der Waals surface area (Å²) in [7, 11) is 0. The second kappa shape index (κ2) is 10.3. The van der Waals surface area contributed by atoms with Gasteiger partial charge in [0.1, 0.15) is 12.4 Å². The number of thioether (sulfide) groups is 1. The number of ether oxygens (including phenoxy) is 1. The summed E-state index contributed by atoms with van der Waals surface area (Å²) in [6.07, 6.45) is 1.81. The topological polar surface area (TPSA) is 50.7 Å². The molecule has 0 saturated carbocycles. The average molecular weight is 593 g/mol.